The van der Waals surface area contributed by atoms with Gasteiger partial charge in [-0.15, -0.1) is 22.9 Å². The van der Waals surface area contributed by atoms with Crippen molar-refractivity contribution in [3.63, 3.8) is 0 Å². The zero-order chi connectivity index (χ0) is 71.2. The number of hydrogen-bond donors (Lipinski definition) is 7. The van der Waals surface area contributed by atoms with Crippen molar-refractivity contribution < 1.29 is 62.4 Å². The number of carbonyl (C=O) groups is 8. The number of carboxylic acid groups (broad SMARTS) is 1. The Hall–Kier alpha value is -10.6. The van der Waals surface area contributed by atoms with Gasteiger partial charge in [0.25, 0.3) is 17.7 Å². The summed E-state index contributed by atoms with van der Waals surface area (Å²) in [5.74, 6) is -2.57. The van der Waals surface area contributed by atoms with Crippen molar-refractivity contribution in [3.8, 4) is 22.6 Å². The van der Waals surface area contributed by atoms with E-state index in [-0.39, 0.29) is 93.2 Å². The lowest BCUT2D eigenvalue weighted by Gasteiger charge is -2.34. The zero-order valence-electron chi connectivity index (χ0n) is 56.6. The Morgan fingerprint density at radius 1 is 0.792 bits per heavy atom. The minimum atomic E-state index is -1.46. The van der Waals surface area contributed by atoms with Crippen LogP contribution in [0.3, 0.4) is 0 Å². The van der Waals surface area contributed by atoms with Crippen LogP contribution in [0.5, 0.6) is 11.5 Å². The third-order valence-corrected chi connectivity index (χ3v) is 20.4. The largest absolute Gasteiger partial charge is 0.492 e. The Kier molecular flexibility index (Phi) is 21.5. The maximum Gasteiger partial charge on any atom is 0.415 e. The Labute approximate surface area is 591 Å². The SMILES string of the molecule is Cc1csc2c(OC(=O)N(C)CCN(C)C(=O)OCc3ccc(N(C(=O)[C@@H](NC(=O)OCC4c5ccccc5-c5ccccc54)C(C)C)[C@@H](CCCNC(N)=O)C(=O)O)cc3)cc3c(c12)[C@H](CCl)CN3C(=O)c1cc2cc(NC(=O)c3cc4cc(OCCN5CCCC5)ccc4[nH]3)ccc2[nH]1. The van der Waals surface area contributed by atoms with Crippen LogP contribution in [0, 0.1) is 12.8 Å². The first kappa shape index (κ1) is 70.2. The van der Waals surface area contributed by atoms with E-state index in [0.29, 0.717) is 50.5 Å². The van der Waals surface area contributed by atoms with Gasteiger partial charge in [-0.05, 0) is 157 Å². The number of anilines is 3. The highest BCUT2D eigenvalue weighted by Gasteiger charge is 2.40. The highest BCUT2D eigenvalue weighted by Crippen LogP contribution is 2.50. The van der Waals surface area contributed by atoms with Crippen LogP contribution in [0.15, 0.2) is 133 Å². The van der Waals surface area contributed by atoms with E-state index in [1.807, 2.05) is 79.0 Å². The molecule has 526 valence electrons. The summed E-state index contributed by atoms with van der Waals surface area (Å²) >= 11 is 8.07. The Bertz CT molecular complexity index is 4580. The van der Waals surface area contributed by atoms with Crippen LogP contribution in [-0.4, -0.2) is 169 Å². The number of likely N-dealkylation sites (tertiary alicyclic amines) is 1. The molecule has 8 amide bonds. The summed E-state index contributed by atoms with van der Waals surface area (Å²) in [6.07, 6.45) is 0.163. The third-order valence-electron chi connectivity index (χ3n) is 18.9. The fraction of sp³-hybridized carbons (Fsp3) is 0.333. The molecule has 9 aromatic rings. The molecule has 5 heterocycles. The number of aliphatic carboxylic acids is 1. The predicted octanol–water partition coefficient (Wildman–Crippen LogP) is 12.4. The quantitative estimate of drug-likeness (QED) is 0.0196. The van der Waals surface area contributed by atoms with E-state index in [4.69, 9.17) is 36.3 Å². The zero-order valence-corrected chi connectivity index (χ0v) is 58.2. The highest BCUT2D eigenvalue weighted by atomic mass is 35.5. The molecule has 0 saturated carbocycles. The average molecular weight is 1410 g/mol. The number of primary amides is 1. The molecule has 3 atom stereocenters. The van der Waals surface area contributed by atoms with Crippen LogP contribution in [0.25, 0.3) is 43.0 Å². The fourth-order valence-electron chi connectivity index (χ4n) is 13.5. The second-order valence-electron chi connectivity index (χ2n) is 26.1. The number of carboxylic acids is 1. The molecule has 1 aliphatic carbocycles. The summed E-state index contributed by atoms with van der Waals surface area (Å²) in [4.78, 5) is 123. The number of fused-ring (bicyclic) bond motifs is 8. The van der Waals surface area contributed by atoms with E-state index in [0.717, 1.165) is 80.0 Å². The van der Waals surface area contributed by atoms with Gasteiger partial charge in [-0.25, -0.2) is 24.0 Å². The summed E-state index contributed by atoms with van der Waals surface area (Å²) in [6.45, 7) is 9.17. The fourth-order valence-corrected chi connectivity index (χ4v) is 14.8. The van der Waals surface area contributed by atoms with Crippen molar-refractivity contribution in [1.82, 2.24) is 35.3 Å². The molecule has 0 bridgehead atoms. The monoisotopic (exact) mass is 1410 g/mol. The molecule has 1 saturated heterocycles. The van der Waals surface area contributed by atoms with E-state index in [9.17, 15) is 43.5 Å². The van der Waals surface area contributed by atoms with Crippen molar-refractivity contribution in [1.29, 1.82) is 0 Å². The van der Waals surface area contributed by atoms with Gasteiger partial charge in [0.05, 0.1) is 10.4 Å². The number of rotatable bonds is 26. The molecule has 24 nitrogen and oxygen atoms in total. The number of H-pyrrole nitrogens is 2. The van der Waals surface area contributed by atoms with Gasteiger partial charge in [0.15, 0.2) is 5.75 Å². The molecule has 0 spiro atoms. The summed E-state index contributed by atoms with van der Waals surface area (Å²) in [7, 11) is 3.04. The highest BCUT2D eigenvalue weighted by molar-refractivity contribution is 7.17. The summed E-state index contributed by atoms with van der Waals surface area (Å²) in [5.41, 5.74) is 15.0. The van der Waals surface area contributed by atoms with E-state index in [1.165, 1.54) is 60.2 Å². The molecule has 6 aromatic carbocycles. The average Bonchev–Trinajstić information content (AvgIpc) is 1.58. The lowest BCUT2D eigenvalue weighted by molar-refractivity contribution is -0.140. The van der Waals surface area contributed by atoms with Gasteiger partial charge in [0.2, 0.25) is 0 Å². The van der Waals surface area contributed by atoms with Gasteiger partial charge in [-0.1, -0.05) is 74.5 Å². The molecule has 3 aliphatic rings. The number of hydrogen-bond acceptors (Lipinski definition) is 14. The van der Waals surface area contributed by atoms with Gasteiger partial charge in [-0.3, -0.25) is 24.2 Å². The Morgan fingerprint density at radius 3 is 2.14 bits per heavy atom. The Balaban J connectivity index is 0.663. The molecular weight excluding hydrogens is 1330 g/mol. The number of benzene rings is 6. The van der Waals surface area contributed by atoms with Crippen molar-refractivity contribution in [3.05, 3.63) is 172 Å². The molecule has 101 heavy (non-hydrogen) atoms. The molecule has 1 fully saturated rings. The van der Waals surface area contributed by atoms with E-state index < -0.39 is 54.2 Å². The maximum absolute atomic E-state index is 14.8. The normalized spacial score (nSPS) is 14.6. The van der Waals surface area contributed by atoms with Crippen molar-refractivity contribution in [2.24, 2.45) is 11.7 Å². The second kappa shape index (κ2) is 30.9. The third kappa shape index (κ3) is 15.6. The van der Waals surface area contributed by atoms with Crippen LogP contribution in [0.2, 0.25) is 0 Å². The predicted molar refractivity (Wildman–Crippen MR) is 388 cm³/mol. The number of halogens is 1. The van der Waals surface area contributed by atoms with E-state index >= 15 is 0 Å². The van der Waals surface area contributed by atoms with Crippen LogP contribution >= 0.6 is 22.9 Å². The van der Waals surface area contributed by atoms with E-state index in [2.05, 4.69) is 30.8 Å². The number of aryl methyl sites for hydroxylation is 1. The number of amides is 8. The number of aromatic amines is 2. The van der Waals surface area contributed by atoms with Crippen LogP contribution in [-0.2, 0) is 25.7 Å². The van der Waals surface area contributed by atoms with Crippen LogP contribution < -0.4 is 41.0 Å². The van der Waals surface area contributed by atoms with Gasteiger partial charge in [0, 0.05) is 109 Å². The summed E-state index contributed by atoms with van der Waals surface area (Å²) < 4.78 is 24.4. The Morgan fingerprint density at radius 2 is 1.46 bits per heavy atom. The molecule has 2 aliphatic heterocycles. The van der Waals surface area contributed by atoms with Crippen molar-refractivity contribution in [2.75, 3.05) is 94.1 Å². The van der Waals surface area contributed by atoms with Crippen LogP contribution in [0.1, 0.15) is 100 Å². The van der Waals surface area contributed by atoms with Gasteiger partial charge in [-0.2, -0.15) is 0 Å². The van der Waals surface area contributed by atoms with Crippen LogP contribution in [0.4, 0.5) is 36.2 Å². The van der Waals surface area contributed by atoms with Gasteiger partial charge in [0.1, 0.15) is 49.0 Å². The standard InChI is InChI=1S/C75H80ClN11O13S/c1-43(2)66(82-73(94)98-41-56-54-15-8-6-13-52(54)53-14-7-9-16-55(53)56)70(90)87(61(71(91)92)17-12-26-78-72(77)93)50-21-18-45(19-22-50)40-99-74(95)83(4)29-30-84(5)75(96)100-63-37-62-65(64-44(3)42-101-67(63)64)48(38-76)39-86(62)69(89)60-36-46-33-49(20-24-57(46)81-60)79-68(88)59-35-47-34-51(23-25-58(47)80-59)97-32-31-85-27-10-11-28-85/h6-9,13-16,18-25,33-37,42-43,48,56,61,66,80-81H,10-12,17,26-32,38-41H2,1-5H3,(H,79,88)(H,82,94)(H,91,92)(H3,77,78,93)/t48-,61+,66+/m1/s1. The number of aromatic nitrogens is 2. The van der Waals surface area contributed by atoms with Gasteiger partial charge < -0.3 is 70.4 Å². The topological polar surface area (TPSA) is 304 Å². The number of alkyl halides is 1. The first-order chi connectivity index (χ1) is 48.7. The first-order valence-corrected chi connectivity index (χ1v) is 35.1. The number of nitrogens with zero attached hydrogens (tertiary/aromatic N) is 5. The molecule has 3 aromatic heterocycles. The van der Waals surface area contributed by atoms with Gasteiger partial charge >= 0.3 is 30.3 Å². The van der Waals surface area contributed by atoms with Crippen molar-refractivity contribution >= 4 is 120 Å². The second-order valence-corrected chi connectivity index (χ2v) is 27.3. The number of thiophene rings is 1. The smallest absolute Gasteiger partial charge is 0.415 e. The minimum absolute atomic E-state index is 0.0188. The number of carbonyl (C=O) groups excluding carboxylic acids is 7. The molecule has 0 unspecified atom stereocenters. The number of urea groups is 1. The van der Waals surface area contributed by atoms with E-state index in [1.54, 1.807) is 67.3 Å². The lowest BCUT2D eigenvalue weighted by Crippen LogP contribution is -2.56. The number of alkyl carbamates (subject to hydrolysis) is 1. The maximum atomic E-state index is 14.8. The number of ether oxygens (including phenoxy) is 4. The minimum Gasteiger partial charge on any atom is -0.492 e. The number of nitrogens with one attached hydrogen (secondary N) is 5. The molecule has 12 rings (SSSR count). The lowest BCUT2D eigenvalue weighted by atomic mass is 9.97. The summed E-state index contributed by atoms with van der Waals surface area (Å²) in [6, 6.07) is 34.8. The molecule has 0 radical (unpaired) electrons. The number of nitrogens with two attached hydrogens (primary N) is 1. The molecular formula is C75H80ClN11O13S. The van der Waals surface area contributed by atoms with Crippen molar-refractivity contribution in [2.45, 2.75) is 77.0 Å². The molecule has 26 heteroatoms. The molecule has 8 N–H and O–H groups in total. The summed E-state index contributed by atoms with van der Waals surface area (Å²) in [5, 5.41) is 23.2. The first-order valence-electron chi connectivity index (χ1n) is 33.7. The number of likely N-dealkylation sites (N-methyl/N-ethyl adjacent to an activating group) is 2.